The zero-order chi connectivity index (χ0) is 15.1. The molecule has 0 aromatic carbocycles. The highest BCUT2D eigenvalue weighted by molar-refractivity contribution is 4.62. The summed E-state index contributed by atoms with van der Waals surface area (Å²) < 4.78 is 41.0. The van der Waals surface area contributed by atoms with Crippen LogP contribution in [0.5, 0.6) is 0 Å². The smallest absolute Gasteiger partial charge is 0.379 e. The number of hydrogen-bond donors (Lipinski definition) is 1. The van der Waals surface area contributed by atoms with Crippen LogP contribution in [0.25, 0.3) is 0 Å². The van der Waals surface area contributed by atoms with Crippen LogP contribution >= 0.6 is 0 Å². The lowest BCUT2D eigenvalue weighted by Crippen LogP contribution is -2.34. The van der Waals surface area contributed by atoms with Crippen LogP contribution < -0.4 is 0 Å². The molecule has 0 aliphatic rings. The van der Waals surface area contributed by atoms with Gasteiger partial charge in [-0.25, -0.2) is 0 Å². The molecule has 19 heavy (non-hydrogen) atoms. The number of aliphatic hydroxyl groups is 1. The van der Waals surface area contributed by atoms with E-state index in [1.54, 1.807) is 13.8 Å². The molecule has 116 valence electrons. The van der Waals surface area contributed by atoms with Crippen molar-refractivity contribution in [3.63, 3.8) is 0 Å². The summed E-state index contributed by atoms with van der Waals surface area (Å²) >= 11 is 0. The molecule has 2 unspecified atom stereocenters. The lowest BCUT2D eigenvalue weighted by molar-refractivity contribution is -0.284. The quantitative estimate of drug-likeness (QED) is 0.707. The van der Waals surface area contributed by atoms with Gasteiger partial charge in [0.2, 0.25) is 0 Å². The minimum atomic E-state index is -3.33. The Morgan fingerprint density at radius 2 is 1.74 bits per heavy atom. The van der Waals surface area contributed by atoms with E-state index in [1.165, 1.54) is 0 Å². The SMILES string of the molecule is CCC(C)OC(F)(F)COCC(O)COC(C)(C)C. The molecule has 0 saturated carbocycles. The van der Waals surface area contributed by atoms with Crippen molar-refractivity contribution in [2.75, 3.05) is 19.8 Å². The highest BCUT2D eigenvalue weighted by atomic mass is 19.3. The van der Waals surface area contributed by atoms with E-state index >= 15 is 0 Å². The van der Waals surface area contributed by atoms with Crippen LogP contribution in [0.3, 0.4) is 0 Å². The molecule has 4 nitrogen and oxygen atoms in total. The largest absolute Gasteiger partial charge is 0.388 e. The third-order valence-corrected chi connectivity index (χ3v) is 2.24. The van der Waals surface area contributed by atoms with Gasteiger partial charge >= 0.3 is 6.11 Å². The van der Waals surface area contributed by atoms with E-state index in [0.717, 1.165) is 0 Å². The van der Waals surface area contributed by atoms with Crippen LogP contribution in [-0.2, 0) is 14.2 Å². The topological polar surface area (TPSA) is 47.9 Å². The molecule has 0 fully saturated rings. The Bertz CT molecular complexity index is 241. The van der Waals surface area contributed by atoms with Crippen LogP contribution in [0.4, 0.5) is 8.78 Å². The van der Waals surface area contributed by atoms with Crippen molar-refractivity contribution in [2.24, 2.45) is 0 Å². The van der Waals surface area contributed by atoms with Gasteiger partial charge in [-0.3, -0.25) is 0 Å². The van der Waals surface area contributed by atoms with E-state index in [4.69, 9.17) is 9.47 Å². The zero-order valence-corrected chi connectivity index (χ0v) is 12.4. The first-order valence-corrected chi connectivity index (χ1v) is 6.51. The second-order valence-corrected chi connectivity index (χ2v) is 5.57. The van der Waals surface area contributed by atoms with E-state index in [0.29, 0.717) is 6.42 Å². The van der Waals surface area contributed by atoms with Gasteiger partial charge in [0, 0.05) is 0 Å². The molecule has 0 rings (SSSR count). The summed E-state index contributed by atoms with van der Waals surface area (Å²) in [7, 11) is 0. The fraction of sp³-hybridized carbons (Fsp3) is 1.00. The van der Waals surface area contributed by atoms with Crippen LogP contribution in [0.2, 0.25) is 0 Å². The second-order valence-electron chi connectivity index (χ2n) is 5.57. The number of alkyl halides is 2. The Morgan fingerprint density at radius 1 is 1.16 bits per heavy atom. The summed E-state index contributed by atoms with van der Waals surface area (Å²) in [5.74, 6) is 0. The molecule has 1 N–H and O–H groups in total. The monoisotopic (exact) mass is 284 g/mol. The van der Waals surface area contributed by atoms with E-state index in [-0.39, 0.29) is 18.8 Å². The first-order chi connectivity index (χ1) is 8.56. The lowest BCUT2D eigenvalue weighted by atomic mass is 10.2. The molecule has 0 aromatic heterocycles. The number of aliphatic hydroxyl groups excluding tert-OH is 1. The predicted molar refractivity (Wildman–Crippen MR) is 68.3 cm³/mol. The van der Waals surface area contributed by atoms with Crippen molar-refractivity contribution in [3.8, 4) is 0 Å². The third kappa shape index (κ3) is 11.2. The average Bonchev–Trinajstić information content (AvgIpc) is 2.24. The van der Waals surface area contributed by atoms with Crippen LogP contribution in [0.1, 0.15) is 41.0 Å². The average molecular weight is 284 g/mol. The summed E-state index contributed by atoms with van der Waals surface area (Å²) in [6.07, 6.45) is -4.30. The van der Waals surface area contributed by atoms with Crippen molar-refractivity contribution in [3.05, 3.63) is 0 Å². The summed E-state index contributed by atoms with van der Waals surface area (Å²) in [5, 5.41) is 9.50. The summed E-state index contributed by atoms with van der Waals surface area (Å²) in [6, 6.07) is 0. The Balaban J connectivity index is 3.82. The van der Waals surface area contributed by atoms with Gasteiger partial charge in [-0.2, -0.15) is 8.78 Å². The molecular formula is C13H26F2O4. The van der Waals surface area contributed by atoms with Crippen molar-refractivity contribution in [2.45, 2.75) is 65.0 Å². The first kappa shape index (κ1) is 18.7. The Kier molecular flexibility index (Phi) is 7.96. The second kappa shape index (κ2) is 8.09. The molecule has 0 heterocycles. The van der Waals surface area contributed by atoms with Gasteiger partial charge in [0.1, 0.15) is 12.7 Å². The van der Waals surface area contributed by atoms with Gasteiger partial charge < -0.3 is 19.3 Å². The van der Waals surface area contributed by atoms with Gasteiger partial charge in [-0.05, 0) is 34.1 Å². The maximum Gasteiger partial charge on any atom is 0.379 e. The summed E-state index contributed by atoms with van der Waals surface area (Å²) in [5.41, 5.74) is -0.384. The maximum absolute atomic E-state index is 13.2. The summed E-state index contributed by atoms with van der Waals surface area (Å²) in [6.45, 7) is 7.81. The molecular weight excluding hydrogens is 258 g/mol. The maximum atomic E-state index is 13.2. The highest BCUT2D eigenvalue weighted by Gasteiger charge is 2.32. The van der Waals surface area contributed by atoms with Crippen LogP contribution in [-0.4, -0.2) is 48.8 Å². The predicted octanol–water partition coefficient (Wildman–Crippen LogP) is 2.59. The Morgan fingerprint density at radius 3 is 2.21 bits per heavy atom. The van der Waals surface area contributed by atoms with Crippen molar-refractivity contribution >= 4 is 0 Å². The van der Waals surface area contributed by atoms with E-state index in [2.05, 4.69) is 4.74 Å². The molecule has 0 aliphatic carbocycles. The van der Waals surface area contributed by atoms with Gasteiger partial charge in [0.15, 0.2) is 0 Å². The van der Waals surface area contributed by atoms with Gasteiger partial charge in [-0.15, -0.1) is 0 Å². The van der Waals surface area contributed by atoms with Gasteiger partial charge in [0.25, 0.3) is 0 Å². The van der Waals surface area contributed by atoms with E-state index < -0.39 is 24.9 Å². The number of hydrogen-bond acceptors (Lipinski definition) is 4. The van der Waals surface area contributed by atoms with Crippen molar-refractivity contribution in [1.82, 2.24) is 0 Å². The van der Waals surface area contributed by atoms with Gasteiger partial charge in [0.05, 0.1) is 24.9 Å². The molecule has 0 radical (unpaired) electrons. The standard InChI is InChI=1S/C13H26F2O4/c1-6-10(2)19-13(14,15)9-17-7-11(16)8-18-12(3,4)5/h10-11,16H,6-9H2,1-5H3. The fourth-order valence-electron chi connectivity index (χ4n) is 1.12. The summed E-state index contributed by atoms with van der Waals surface area (Å²) in [4.78, 5) is 0. The molecule has 0 amide bonds. The third-order valence-electron chi connectivity index (χ3n) is 2.24. The number of halogens is 2. The van der Waals surface area contributed by atoms with E-state index in [9.17, 15) is 13.9 Å². The minimum absolute atomic E-state index is 0.0429. The Hall–Kier alpha value is -0.300. The Labute approximate surface area is 114 Å². The van der Waals surface area contributed by atoms with Crippen LogP contribution in [0, 0.1) is 0 Å². The van der Waals surface area contributed by atoms with E-state index in [1.807, 2.05) is 20.8 Å². The van der Waals surface area contributed by atoms with Crippen molar-refractivity contribution < 1.29 is 28.1 Å². The lowest BCUT2D eigenvalue weighted by Gasteiger charge is -2.23. The highest BCUT2D eigenvalue weighted by Crippen LogP contribution is 2.19. The first-order valence-electron chi connectivity index (χ1n) is 6.51. The van der Waals surface area contributed by atoms with Crippen LogP contribution in [0.15, 0.2) is 0 Å². The molecule has 6 heteroatoms. The van der Waals surface area contributed by atoms with Gasteiger partial charge in [-0.1, -0.05) is 6.92 Å². The molecule has 0 bridgehead atoms. The minimum Gasteiger partial charge on any atom is -0.388 e. The zero-order valence-electron chi connectivity index (χ0n) is 12.4. The number of ether oxygens (including phenoxy) is 3. The molecule has 0 aliphatic heterocycles. The molecule has 0 aromatic rings. The fourth-order valence-corrected chi connectivity index (χ4v) is 1.12. The molecule has 0 spiro atoms. The number of rotatable bonds is 9. The molecule has 0 saturated heterocycles. The normalized spacial score (nSPS) is 16.4. The molecule has 2 atom stereocenters. The van der Waals surface area contributed by atoms with Crippen molar-refractivity contribution in [1.29, 1.82) is 0 Å².